The highest BCUT2D eigenvalue weighted by Gasteiger charge is 2.30. The molecule has 1 N–H and O–H groups in total. The third-order valence-electron chi connectivity index (χ3n) is 2.92. The number of carboxylic acid groups (broad SMARTS) is 1. The fourth-order valence-electron chi connectivity index (χ4n) is 1.91. The molecule has 0 aromatic heterocycles. The van der Waals surface area contributed by atoms with Crippen LogP contribution in [0.15, 0.2) is 42.1 Å². The molecule has 5 heteroatoms. The number of carboxylic acids is 1. The van der Waals surface area contributed by atoms with Gasteiger partial charge in [-0.1, -0.05) is 30.3 Å². The third-order valence-corrected chi connectivity index (χ3v) is 2.92. The molecule has 0 saturated carbocycles. The first kappa shape index (κ1) is 13.0. The molecule has 0 unspecified atom stereocenters. The Kier molecular flexibility index (Phi) is 3.75. The maximum absolute atomic E-state index is 11.4. The Hall–Kier alpha value is -2.43. The monoisotopic (exact) mass is 259 g/mol. The van der Waals surface area contributed by atoms with Gasteiger partial charge in [0, 0.05) is 12.7 Å². The number of rotatable bonds is 4. The van der Waals surface area contributed by atoms with Crippen LogP contribution in [0.4, 0.5) is 0 Å². The second-order valence-corrected chi connectivity index (χ2v) is 4.31. The summed E-state index contributed by atoms with van der Waals surface area (Å²) in [4.78, 5) is 35.2. The summed E-state index contributed by atoms with van der Waals surface area (Å²) in [5.74, 6) is -2.95. The fourth-order valence-corrected chi connectivity index (χ4v) is 1.91. The molecule has 98 valence electrons. The molecule has 0 fully saturated rings. The van der Waals surface area contributed by atoms with E-state index in [9.17, 15) is 14.4 Å². The van der Waals surface area contributed by atoms with E-state index in [0.717, 1.165) is 5.56 Å². The van der Waals surface area contributed by atoms with E-state index in [2.05, 4.69) is 0 Å². The van der Waals surface area contributed by atoms with Crippen molar-refractivity contribution in [3.8, 4) is 0 Å². The van der Waals surface area contributed by atoms with Gasteiger partial charge in [0.2, 0.25) is 11.6 Å². The largest absolute Gasteiger partial charge is 0.477 e. The van der Waals surface area contributed by atoms with Crippen LogP contribution < -0.4 is 0 Å². The maximum atomic E-state index is 11.4. The average Bonchev–Trinajstić information content (AvgIpc) is 2.41. The molecule has 0 bridgehead atoms. The van der Waals surface area contributed by atoms with E-state index < -0.39 is 23.1 Å². The summed E-state index contributed by atoms with van der Waals surface area (Å²) in [6, 6.07) is 9.66. The number of carbonyl (C=O) groups is 3. The molecule has 0 radical (unpaired) electrons. The highest BCUT2D eigenvalue weighted by Crippen LogP contribution is 2.10. The number of ketones is 2. The van der Waals surface area contributed by atoms with Crippen molar-refractivity contribution >= 4 is 17.5 Å². The first-order chi connectivity index (χ1) is 9.08. The number of aliphatic carboxylic acids is 1. The van der Waals surface area contributed by atoms with Crippen molar-refractivity contribution in [1.29, 1.82) is 0 Å². The molecule has 1 aliphatic rings. The van der Waals surface area contributed by atoms with Crippen molar-refractivity contribution in [1.82, 2.24) is 4.90 Å². The second kappa shape index (κ2) is 5.48. The van der Waals surface area contributed by atoms with Crippen LogP contribution in [0.2, 0.25) is 0 Å². The van der Waals surface area contributed by atoms with Gasteiger partial charge in [-0.25, -0.2) is 4.79 Å². The molecular formula is C14H13NO4. The summed E-state index contributed by atoms with van der Waals surface area (Å²) in [5.41, 5.74) is 0.640. The lowest BCUT2D eigenvalue weighted by Gasteiger charge is -2.23. The van der Waals surface area contributed by atoms with E-state index in [1.165, 1.54) is 6.20 Å². The molecule has 0 saturated heterocycles. The van der Waals surface area contributed by atoms with Gasteiger partial charge in [-0.3, -0.25) is 9.59 Å². The van der Waals surface area contributed by atoms with Crippen molar-refractivity contribution in [3.05, 3.63) is 47.7 Å². The smallest absolute Gasteiger partial charge is 0.341 e. The first-order valence-electron chi connectivity index (χ1n) is 5.88. The Morgan fingerprint density at radius 2 is 1.89 bits per heavy atom. The first-order valence-corrected chi connectivity index (χ1v) is 5.88. The van der Waals surface area contributed by atoms with Crippen molar-refractivity contribution in [2.75, 3.05) is 13.1 Å². The van der Waals surface area contributed by atoms with Crippen LogP contribution in [0.3, 0.4) is 0 Å². The number of hydrogen-bond donors (Lipinski definition) is 1. The van der Waals surface area contributed by atoms with Crippen LogP contribution in [0.25, 0.3) is 0 Å². The van der Waals surface area contributed by atoms with Gasteiger partial charge in [0.05, 0.1) is 6.54 Å². The molecule has 2 rings (SSSR count). The number of benzene rings is 1. The maximum Gasteiger partial charge on any atom is 0.341 e. The van der Waals surface area contributed by atoms with Gasteiger partial charge in [-0.2, -0.15) is 0 Å². The molecule has 0 aliphatic carbocycles. The molecule has 0 amide bonds. The van der Waals surface area contributed by atoms with Crippen LogP contribution in [-0.2, 0) is 20.8 Å². The number of nitrogens with zero attached hydrogens (tertiary/aromatic N) is 1. The van der Waals surface area contributed by atoms with Crippen LogP contribution in [0.1, 0.15) is 5.56 Å². The van der Waals surface area contributed by atoms with E-state index in [-0.39, 0.29) is 6.54 Å². The van der Waals surface area contributed by atoms with Gasteiger partial charge in [0.15, 0.2) is 0 Å². The number of hydrogen-bond acceptors (Lipinski definition) is 4. The Morgan fingerprint density at radius 1 is 1.21 bits per heavy atom. The normalized spacial score (nSPS) is 15.4. The van der Waals surface area contributed by atoms with Gasteiger partial charge in [-0.15, -0.1) is 0 Å². The molecular weight excluding hydrogens is 246 g/mol. The lowest BCUT2D eigenvalue weighted by Crippen LogP contribution is -2.39. The number of carbonyl (C=O) groups excluding carboxylic acids is 2. The van der Waals surface area contributed by atoms with E-state index in [0.29, 0.717) is 13.0 Å². The molecule has 1 aliphatic heterocycles. The minimum Gasteiger partial charge on any atom is -0.477 e. The molecule has 1 heterocycles. The molecule has 1 aromatic rings. The minimum absolute atomic E-state index is 0.0531. The summed E-state index contributed by atoms with van der Waals surface area (Å²) >= 11 is 0. The summed E-state index contributed by atoms with van der Waals surface area (Å²) < 4.78 is 0. The van der Waals surface area contributed by atoms with Crippen molar-refractivity contribution in [2.45, 2.75) is 6.42 Å². The topological polar surface area (TPSA) is 74.7 Å². The van der Waals surface area contributed by atoms with E-state index >= 15 is 0 Å². The highest BCUT2D eigenvalue weighted by molar-refractivity contribution is 6.50. The van der Waals surface area contributed by atoms with Crippen molar-refractivity contribution in [3.63, 3.8) is 0 Å². The predicted molar refractivity (Wildman–Crippen MR) is 67.5 cm³/mol. The van der Waals surface area contributed by atoms with Gasteiger partial charge < -0.3 is 10.0 Å². The fraction of sp³-hybridized carbons (Fsp3) is 0.214. The predicted octanol–water partition coefficient (Wildman–Crippen LogP) is 0.651. The summed E-state index contributed by atoms with van der Waals surface area (Å²) in [7, 11) is 0. The Bertz CT molecular complexity index is 548. The van der Waals surface area contributed by atoms with Crippen molar-refractivity contribution in [2.24, 2.45) is 0 Å². The Morgan fingerprint density at radius 3 is 2.53 bits per heavy atom. The highest BCUT2D eigenvalue weighted by atomic mass is 16.4. The van der Waals surface area contributed by atoms with Crippen molar-refractivity contribution < 1.29 is 19.5 Å². The molecule has 5 nitrogen and oxygen atoms in total. The van der Waals surface area contributed by atoms with E-state index in [1.54, 1.807) is 4.90 Å². The Labute approximate surface area is 110 Å². The summed E-state index contributed by atoms with van der Waals surface area (Å²) in [5, 5.41) is 8.86. The van der Waals surface area contributed by atoms with E-state index in [1.807, 2.05) is 30.3 Å². The Balaban J connectivity index is 2.07. The number of Topliss-reactive ketones (excluding diaryl/α,β-unsaturated/α-hetero) is 2. The summed E-state index contributed by atoms with van der Waals surface area (Å²) in [6.45, 7) is 0.447. The van der Waals surface area contributed by atoms with Crippen LogP contribution in [0.5, 0.6) is 0 Å². The average molecular weight is 259 g/mol. The molecule has 1 aromatic carbocycles. The van der Waals surface area contributed by atoms with E-state index in [4.69, 9.17) is 5.11 Å². The van der Waals surface area contributed by atoms with Gasteiger partial charge in [0.1, 0.15) is 5.57 Å². The minimum atomic E-state index is -1.36. The standard InChI is InChI=1S/C14H13NO4/c16-12-9-15(8-11(13(12)17)14(18)19)7-6-10-4-2-1-3-5-10/h1-5,8H,6-7,9H2,(H,18,19). The van der Waals surface area contributed by atoms with Crippen LogP contribution in [-0.4, -0.2) is 40.6 Å². The van der Waals surface area contributed by atoms with Gasteiger partial charge >= 0.3 is 5.97 Å². The van der Waals surface area contributed by atoms with Gasteiger partial charge in [0.25, 0.3) is 0 Å². The van der Waals surface area contributed by atoms with Crippen LogP contribution >= 0.6 is 0 Å². The third kappa shape index (κ3) is 3.07. The quantitative estimate of drug-likeness (QED) is 0.635. The zero-order valence-corrected chi connectivity index (χ0v) is 10.2. The molecule has 19 heavy (non-hydrogen) atoms. The van der Waals surface area contributed by atoms with Gasteiger partial charge in [-0.05, 0) is 12.0 Å². The molecule has 0 atom stereocenters. The lowest BCUT2D eigenvalue weighted by atomic mass is 10.0. The second-order valence-electron chi connectivity index (χ2n) is 4.31. The zero-order valence-electron chi connectivity index (χ0n) is 10.2. The van der Waals surface area contributed by atoms with Crippen LogP contribution in [0, 0.1) is 0 Å². The lowest BCUT2D eigenvalue weighted by molar-refractivity contribution is -0.140. The SMILES string of the molecule is O=C(O)C1=CN(CCc2ccccc2)CC(=O)C1=O. The molecule has 0 spiro atoms. The summed E-state index contributed by atoms with van der Waals surface area (Å²) in [6.07, 6.45) is 1.95. The zero-order chi connectivity index (χ0) is 13.8.